The average Bonchev–Trinajstić information content (AvgIpc) is 3.51. The van der Waals surface area contributed by atoms with Crippen molar-refractivity contribution >= 4 is 17.8 Å². The first-order chi connectivity index (χ1) is 13.9. The maximum atomic E-state index is 12.4. The second kappa shape index (κ2) is 8.90. The summed E-state index contributed by atoms with van der Waals surface area (Å²) in [6, 6.07) is 16.1. The van der Waals surface area contributed by atoms with Gasteiger partial charge in [0.15, 0.2) is 0 Å². The number of carboxylic acids is 1. The van der Waals surface area contributed by atoms with Gasteiger partial charge in [0.25, 0.3) is 5.91 Å². The summed E-state index contributed by atoms with van der Waals surface area (Å²) in [6.07, 6.45) is 0.690. The number of rotatable bonds is 8. The van der Waals surface area contributed by atoms with Crippen molar-refractivity contribution in [2.75, 3.05) is 0 Å². The zero-order valence-electron chi connectivity index (χ0n) is 16.6. The van der Waals surface area contributed by atoms with Crippen LogP contribution in [0.1, 0.15) is 47.7 Å². The highest BCUT2D eigenvalue weighted by Gasteiger charge is 2.45. The van der Waals surface area contributed by atoms with Gasteiger partial charge < -0.3 is 15.7 Å². The second-order valence-corrected chi connectivity index (χ2v) is 7.81. The number of hydrogen-bond donors (Lipinski definition) is 3. The van der Waals surface area contributed by atoms with Crippen molar-refractivity contribution in [3.05, 3.63) is 71.3 Å². The van der Waals surface area contributed by atoms with Crippen molar-refractivity contribution in [1.82, 2.24) is 10.6 Å². The predicted molar refractivity (Wildman–Crippen MR) is 109 cm³/mol. The molecule has 6 nitrogen and oxygen atoms in total. The predicted octanol–water partition coefficient (Wildman–Crippen LogP) is 2.95. The van der Waals surface area contributed by atoms with E-state index in [1.54, 1.807) is 26.0 Å². The molecule has 2 amide bonds. The van der Waals surface area contributed by atoms with E-state index in [1.165, 1.54) is 0 Å². The van der Waals surface area contributed by atoms with Crippen LogP contribution in [0.2, 0.25) is 0 Å². The molecule has 0 aliphatic heterocycles. The van der Waals surface area contributed by atoms with Crippen LogP contribution in [0.3, 0.4) is 0 Å². The summed E-state index contributed by atoms with van der Waals surface area (Å²) in [7, 11) is 0. The Hall–Kier alpha value is -3.15. The largest absolute Gasteiger partial charge is 0.480 e. The Morgan fingerprint density at radius 3 is 2.28 bits per heavy atom. The first-order valence-electron chi connectivity index (χ1n) is 9.82. The van der Waals surface area contributed by atoms with Crippen LogP contribution < -0.4 is 10.6 Å². The first kappa shape index (κ1) is 20.6. The number of benzene rings is 2. The molecule has 1 unspecified atom stereocenters. The molecule has 3 rings (SSSR count). The van der Waals surface area contributed by atoms with E-state index in [9.17, 15) is 19.5 Å². The lowest BCUT2D eigenvalue weighted by molar-refractivity contribution is -0.143. The number of carbonyl (C=O) groups is 3. The fraction of sp³-hybridized carbons (Fsp3) is 0.348. The van der Waals surface area contributed by atoms with Crippen molar-refractivity contribution < 1.29 is 19.5 Å². The topological polar surface area (TPSA) is 95.5 Å². The van der Waals surface area contributed by atoms with Gasteiger partial charge in [0.2, 0.25) is 5.91 Å². The van der Waals surface area contributed by atoms with Crippen LogP contribution in [-0.4, -0.2) is 28.9 Å². The van der Waals surface area contributed by atoms with Crippen LogP contribution >= 0.6 is 0 Å². The van der Waals surface area contributed by atoms with Crippen molar-refractivity contribution in [3.8, 4) is 0 Å². The number of amides is 2. The Morgan fingerprint density at radius 2 is 1.69 bits per heavy atom. The summed E-state index contributed by atoms with van der Waals surface area (Å²) in [5, 5.41) is 14.8. The Kier molecular flexibility index (Phi) is 6.32. The van der Waals surface area contributed by atoms with Crippen LogP contribution in [-0.2, 0) is 16.1 Å². The Bertz CT molecular complexity index is 878. The highest BCUT2D eigenvalue weighted by Crippen LogP contribution is 2.47. The lowest BCUT2D eigenvalue weighted by Gasteiger charge is -2.17. The molecule has 3 N–H and O–H groups in total. The molecule has 2 aromatic rings. The molecule has 6 heteroatoms. The molecule has 0 bridgehead atoms. The molecule has 0 saturated heterocycles. The van der Waals surface area contributed by atoms with E-state index >= 15 is 0 Å². The van der Waals surface area contributed by atoms with Gasteiger partial charge in [-0.05, 0) is 41.5 Å². The summed E-state index contributed by atoms with van der Waals surface area (Å²) < 4.78 is 0. The number of hydrogen-bond acceptors (Lipinski definition) is 3. The molecular weight excluding hydrogens is 368 g/mol. The lowest BCUT2D eigenvalue weighted by Crippen LogP contribution is -2.45. The minimum absolute atomic E-state index is 0.0676. The second-order valence-electron chi connectivity index (χ2n) is 7.81. The molecule has 0 heterocycles. The van der Waals surface area contributed by atoms with Crippen LogP contribution in [0.4, 0.5) is 0 Å². The maximum absolute atomic E-state index is 12.4. The highest BCUT2D eigenvalue weighted by atomic mass is 16.4. The quantitative estimate of drug-likeness (QED) is 0.641. The van der Waals surface area contributed by atoms with E-state index in [0.29, 0.717) is 18.5 Å². The van der Waals surface area contributed by atoms with E-state index in [-0.39, 0.29) is 29.6 Å². The van der Waals surface area contributed by atoms with Gasteiger partial charge in [0, 0.05) is 18.0 Å². The third-order valence-electron chi connectivity index (χ3n) is 5.25. The van der Waals surface area contributed by atoms with E-state index in [2.05, 4.69) is 10.6 Å². The van der Waals surface area contributed by atoms with Gasteiger partial charge in [-0.3, -0.25) is 9.59 Å². The van der Waals surface area contributed by atoms with Crippen LogP contribution in [0, 0.1) is 11.8 Å². The van der Waals surface area contributed by atoms with Crippen molar-refractivity contribution in [2.45, 2.75) is 38.8 Å². The van der Waals surface area contributed by atoms with Crippen molar-refractivity contribution in [1.29, 1.82) is 0 Å². The van der Waals surface area contributed by atoms with E-state index in [1.807, 2.05) is 42.5 Å². The maximum Gasteiger partial charge on any atom is 0.326 e. The van der Waals surface area contributed by atoms with Crippen molar-refractivity contribution in [2.24, 2.45) is 11.8 Å². The molecule has 1 aliphatic carbocycles. The summed E-state index contributed by atoms with van der Waals surface area (Å²) >= 11 is 0. The average molecular weight is 394 g/mol. The van der Waals surface area contributed by atoms with E-state index < -0.39 is 12.0 Å². The summed E-state index contributed by atoms with van der Waals surface area (Å²) in [6.45, 7) is 4.00. The number of carbonyl (C=O) groups excluding carboxylic acids is 2. The fourth-order valence-corrected chi connectivity index (χ4v) is 3.39. The molecule has 3 atom stereocenters. The Balaban J connectivity index is 1.53. The molecule has 1 saturated carbocycles. The standard InChI is InChI=1S/C23H26N2O4/c1-14(2)20(23(28)29)25-22(27)19-12-18(19)16-8-10-17(11-9-16)21(26)24-13-15-6-4-3-5-7-15/h3-11,14,18-20H,12-13H2,1-2H3,(H,24,26)(H,25,27)(H,28,29)/t18-,19?,20+/m1/s1. The smallest absolute Gasteiger partial charge is 0.326 e. The van der Waals surface area contributed by atoms with Crippen LogP contribution in [0.5, 0.6) is 0 Å². The molecule has 0 radical (unpaired) electrons. The van der Waals surface area contributed by atoms with E-state index in [4.69, 9.17) is 0 Å². The van der Waals surface area contributed by atoms with E-state index in [0.717, 1.165) is 11.1 Å². The Labute approximate surface area is 170 Å². The lowest BCUT2D eigenvalue weighted by atomic mass is 10.0. The van der Waals surface area contributed by atoms with Gasteiger partial charge in [0.05, 0.1) is 0 Å². The van der Waals surface area contributed by atoms with Crippen LogP contribution in [0.25, 0.3) is 0 Å². The number of nitrogens with one attached hydrogen (secondary N) is 2. The Morgan fingerprint density at radius 1 is 1.03 bits per heavy atom. The van der Waals surface area contributed by atoms with Gasteiger partial charge in [-0.1, -0.05) is 56.3 Å². The molecule has 1 aliphatic rings. The molecule has 0 aromatic heterocycles. The SMILES string of the molecule is CC(C)[C@H](NC(=O)C1C[C@@H]1c1ccc(C(=O)NCc2ccccc2)cc1)C(=O)O. The molecule has 0 spiro atoms. The molecule has 2 aromatic carbocycles. The monoisotopic (exact) mass is 394 g/mol. The molecule has 152 valence electrons. The minimum Gasteiger partial charge on any atom is -0.480 e. The van der Waals surface area contributed by atoms with Crippen molar-refractivity contribution in [3.63, 3.8) is 0 Å². The molecule has 29 heavy (non-hydrogen) atoms. The van der Waals surface area contributed by atoms with Gasteiger partial charge in [-0.2, -0.15) is 0 Å². The summed E-state index contributed by atoms with van der Waals surface area (Å²) in [4.78, 5) is 35.9. The summed E-state index contributed by atoms with van der Waals surface area (Å²) in [5.41, 5.74) is 2.59. The van der Waals surface area contributed by atoms with Crippen LogP contribution in [0.15, 0.2) is 54.6 Å². The molecule has 1 fully saturated rings. The number of aliphatic carboxylic acids is 1. The van der Waals surface area contributed by atoms with Gasteiger partial charge in [0.1, 0.15) is 6.04 Å². The summed E-state index contributed by atoms with van der Waals surface area (Å²) in [5.74, 6) is -1.71. The van der Waals surface area contributed by atoms with Gasteiger partial charge in [-0.15, -0.1) is 0 Å². The normalized spacial score (nSPS) is 18.7. The highest BCUT2D eigenvalue weighted by molar-refractivity contribution is 5.94. The number of carboxylic acid groups (broad SMARTS) is 1. The minimum atomic E-state index is -1.02. The first-order valence-corrected chi connectivity index (χ1v) is 9.82. The third-order valence-corrected chi connectivity index (χ3v) is 5.25. The van der Waals surface area contributed by atoms with Gasteiger partial charge >= 0.3 is 5.97 Å². The zero-order valence-corrected chi connectivity index (χ0v) is 16.6. The third kappa shape index (κ3) is 5.22. The molecular formula is C23H26N2O4. The van der Waals surface area contributed by atoms with Gasteiger partial charge in [-0.25, -0.2) is 4.79 Å². The fourth-order valence-electron chi connectivity index (χ4n) is 3.39. The zero-order chi connectivity index (χ0) is 21.0.